The summed E-state index contributed by atoms with van der Waals surface area (Å²) in [7, 11) is 0. The summed E-state index contributed by atoms with van der Waals surface area (Å²) in [4.78, 5) is 4.28. The Kier molecular flexibility index (Phi) is 3.93. The smallest absolute Gasteiger partial charge is 0.124 e. The highest BCUT2D eigenvalue weighted by Gasteiger charge is 2.07. The van der Waals surface area contributed by atoms with Crippen LogP contribution in [0.5, 0.6) is 0 Å². The third-order valence-electron chi connectivity index (χ3n) is 3.48. The fraction of sp³-hybridized carbons (Fsp3) is 0. The Labute approximate surface area is 134 Å². The van der Waals surface area contributed by atoms with E-state index in [0.717, 1.165) is 22.5 Å². The largest absolute Gasteiger partial charge is 0.398 e. The van der Waals surface area contributed by atoms with Gasteiger partial charge in [0.2, 0.25) is 0 Å². The maximum absolute atomic E-state index is 7.60. The number of benzene rings is 2. The lowest BCUT2D eigenvalue weighted by Gasteiger charge is -2.10. The van der Waals surface area contributed by atoms with Gasteiger partial charge in [-0.25, -0.2) is 0 Å². The fourth-order valence-corrected chi connectivity index (χ4v) is 2.32. The standard InChI is InChI=1S/C18H17N5/c19-17-7-6-12(9-16(17)18(20)21)13-8-15(11-22-10-13)23-14-4-2-1-3-5-14/h1-11,23H,19H2,(H3,20,21). The van der Waals surface area contributed by atoms with E-state index in [1.54, 1.807) is 24.5 Å². The van der Waals surface area contributed by atoms with Crippen molar-refractivity contribution in [2.45, 2.75) is 0 Å². The Hall–Kier alpha value is -3.34. The first-order valence-electron chi connectivity index (χ1n) is 7.15. The Balaban J connectivity index is 1.94. The van der Waals surface area contributed by atoms with E-state index in [1.165, 1.54) is 0 Å². The third kappa shape index (κ3) is 3.29. The molecule has 0 fully saturated rings. The minimum absolute atomic E-state index is 0.0455. The van der Waals surface area contributed by atoms with E-state index in [2.05, 4.69) is 10.3 Å². The Morgan fingerprint density at radius 3 is 2.43 bits per heavy atom. The first kappa shape index (κ1) is 14.6. The van der Waals surface area contributed by atoms with E-state index in [9.17, 15) is 0 Å². The molecule has 2 aromatic carbocycles. The van der Waals surface area contributed by atoms with Crippen LogP contribution in [0, 0.1) is 5.41 Å². The lowest BCUT2D eigenvalue weighted by Crippen LogP contribution is -2.13. The molecule has 3 rings (SSSR count). The number of aromatic nitrogens is 1. The van der Waals surface area contributed by atoms with Gasteiger partial charge in [0.15, 0.2) is 0 Å². The van der Waals surface area contributed by atoms with Gasteiger partial charge in [0, 0.05) is 28.7 Å². The van der Waals surface area contributed by atoms with Crippen molar-refractivity contribution in [3.05, 3.63) is 72.6 Å². The van der Waals surface area contributed by atoms with E-state index < -0.39 is 0 Å². The maximum atomic E-state index is 7.60. The Morgan fingerprint density at radius 1 is 0.913 bits per heavy atom. The number of hydrogen-bond acceptors (Lipinski definition) is 4. The topological polar surface area (TPSA) is 101 Å². The highest BCUT2D eigenvalue weighted by atomic mass is 14.9. The van der Waals surface area contributed by atoms with E-state index >= 15 is 0 Å². The zero-order chi connectivity index (χ0) is 16.2. The molecular weight excluding hydrogens is 286 g/mol. The van der Waals surface area contributed by atoms with Gasteiger partial charge in [0.25, 0.3) is 0 Å². The van der Waals surface area contributed by atoms with Crippen molar-refractivity contribution in [2.75, 3.05) is 11.1 Å². The lowest BCUT2D eigenvalue weighted by atomic mass is 10.0. The molecule has 0 radical (unpaired) electrons. The number of para-hydroxylation sites is 1. The molecule has 3 aromatic rings. The molecule has 0 unspecified atom stereocenters. The average Bonchev–Trinajstić information content (AvgIpc) is 2.56. The normalized spacial score (nSPS) is 10.3. The summed E-state index contributed by atoms with van der Waals surface area (Å²) in [6, 6.07) is 17.3. The molecule has 0 aliphatic heterocycles. The summed E-state index contributed by atoms with van der Waals surface area (Å²) in [5.41, 5.74) is 16.2. The summed E-state index contributed by atoms with van der Waals surface area (Å²) in [5.74, 6) is -0.0455. The lowest BCUT2D eigenvalue weighted by molar-refractivity contribution is 1.32. The Bertz CT molecular complexity index is 843. The second-order valence-electron chi connectivity index (χ2n) is 5.17. The van der Waals surface area contributed by atoms with Crippen LogP contribution in [0.25, 0.3) is 11.1 Å². The van der Waals surface area contributed by atoms with Gasteiger partial charge in [-0.1, -0.05) is 24.3 Å². The van der Waals surface area contributed by atoms with Crippen LogP contribution in [-0.4, -0.2) is 10.8 Å². The number of nitrogens with one attached hydrogen (secondary N) is 2. The zero-order valence-electron chi connectivity index (χ0n) is 12.5. The quantitative estimate of drug-likeness (QED) is 0.337. The molecule has 0 aliphatic rings. The molecule has 0 bridgehead atoms. The molecular formula is C18H17N5. The third-order valence-corrected chi connectivity index (χ3v) is 3.48. The molecule has 5 nitrogen and oxygen atoms in total. The van der Waals surface area contributed by atoms with Crippen molar-refractivity contribution < 1.29 is 0 Å². The number of hydrogen-bond donors (Lipinski definition) is 4. The first-order chi connectivity index (χ1) is 11.1. The summed E-state index contributed by atoms with van der Waals surface area (Å²) in [6.07, 6.45) is 3.53. The van der Waals surface area contributed by atoms with Gasteiger partial charge < -0.3 is 16.8 Å². The van der Waals surface area contributed by atoms with E-state index in [1.807, 2.05) is 42.5 Å². The minimum atomic E-state index is -0.0455. The molecule has 114 valence electrons. The second kappa shape index (κ2) is 6.19. The summed E-state index contributed by atoms with van der Waals surface area (Å²) < 4.78 is 0. The van der Waals surface area contributed by atoms with Crippen LogP contribution in [0.4, 0.5) is 17.1 Å². The van der Waals surface area contributed by atoms with Crippen LogP contribution < -0.4 is 16.8 Å². The Morgan fingerprint density at radius 2 is 1.70 bits per heavy atom. The SMILES string of the molecule is N=C(N)c1cc(-c2cncc(Nc3ccccc3)c2)ccc1N. The van der Waals surface area contributed by atoms with Crippen molar-refractivity contribution in [1.82, 2.24) is 4.98 Å². The fourth-order valence-electron chi connectivity index (χ4n) is 2.32. The van der Waals surface area contributed by atoms with Gasteiger partial charge in [-0.05, 0) is 35.9 Å². The molecule has 1 heterocycles. The van der Waals surface area contributed by atoms with Crippen LogP contribution in [-0.2, 0) is 0 Å². The maximum Gasteiger partial charge on any atom is 0.124 e. The number of anilines is 3. The summed E-state index contributed by atoms with van der Waals surface area (Å²) in [5, 5.41) is 10.9. The van der Waals surface area contributed by atoms with Crippen molar-refractivity contribution in [3.63, 3.8) is 0 Å². The molecule has 0 saturated carbocycles. The molecule has 23 heavy (non-hydrogen) atoms. The van der Waals surface area contributed by atoms with Crippen LogP contribution in [0.1, 0.15) is 5.56 Å². The predicted molar refractivity (Wildman–Crippen MR) is 94.8 cm³/mol. The van der Waals surface area contributed by atoms with E-state index in [0.29, 0.717) is 11.3 Å². The van der Waals surface area contributed by atoms with Crippen molar-refractivity contribution in [3.8, 4) is 11.1 Å². The van der Waals surface area contributed by atoms with E-state index in [4.69, 9.17) is 16.9 Å². The monoisotopic (exact) mass is 303 g/mol. The number of amidine groups is 1. The van der Waals surface area contributed by atoms with Crippen molar-refractivity contribution in [1.29, 1.82) is 5.41 Å². The summed E-state index contributed by atoms with van der Waals surface area (Å²) in [6.45, 7) is 0. The number of nitrogens with zero attached hydrogens (tertiary/aromatic N) is 1. The first-order valence-corrected chi connectivity index (χ1v) is 7.15. The van der Waals surface area contributed by atoms with Gasteiger partial charge in [-0.2, -0.15) is 0 Å². The second-order valence-corrected chi connectivity index (χ2v) is 5.17. The average molecular weight is 303 g/mol. The minimum Gasteiger partial charge on any atom is -0.398 e. The van der Waals surface area contributed by atoms with Crippen LogP contribution in [0.2, 0.25) is 0 Å². The summed E-state index contributed by atoms with van der Waals surface area (Å²) >= 11 is 0. The number of pyridine rings is 1. The molecule has 0 saturated heterocycles. The van der Waals surface area contributed by atoms with Gasteiger partial charge in [-0.15, -0.1) is 0 Å². The molecule has 6 N–H and O–H groups in total. The predicted octanol–water partition coefficient (Wildman–Crippen LogP) is 3.36. The van der Waals surface area contributed by atoms with Crippen LogP contribution in [0.15, 0.2) is 67.0 Å². The molecule has 0 amide bonds. The highest BCUT2D eigenvalue weighted by Crippen LogP contribution is 2.26. The van der Waals surface area contributed by atoms with Gasteiger partial charge >= 0.3 is 0 Å². The van der Waals surface area contributed by atoms with Gasteiger partial charge in [-0.3, -0.25) is 10.4 Å². The molecule has 1 aromatic heterocycles. The van der Waals surface area contributed by atoms with Crippen LogP contribution >= 0.6 is 0 Å². The molecule has 0 aliphatic carbocycles. The van der Waals surface area contributed by atoms with Crippen LogP contribution in [0.3, 0.4) is 0 Å². The number of nitrogen functional groups attached to an aromatic ring is 2. The number of nitrogens with two attached hydrogens (primary N) is 2. The zero-order valence-corrected chi connectivity index (χ0v) is 12.5. The molecule has 0 spiro atoms. The van der Waals surface area contributed by atoms with Crippen molar-refractivity contribution in [2.24, 2.45) is 5.73 Å². The van der Waals surface area contributed by atoms with E-state index in [-0.39, 0.29) is 5.84 Å². The van der Waals surface area contributed by atoms with Gasteiger partial charge in [0.05, 0.1) is 11.9 Å². The number of rotatable bonds is 4. The van der Waals surface area contributed by atoms with Crippen molar-refractivity contribution >= 4 is 22.9 Å². The van der Waals surface area contributed by atoms with Gasteiger partial charge in [0.1, 0.15) is 5.84 Å². The molecule has 0 atom stereocenters. The molecule has 5 heteroatoms. The highest BCUT2D eigenvalue weighted by molar-refractivity contribution is 6.01.